The van der Waals surface area contributed by atoms with Crippen molar-refractivity contribution in [3.63, 3.8) is 0 Å². The Morgan fingerprint density at radius 3 is 2.58 bits per heavy atom. The van der Waals surface area contributed by atoms with Crippen LogP contribution in [0.3, 0.4) is 0 Å². The van der Waals surface area contributed by atoms with Gasteiger partial charge in [0.2, 0.25) is 0 Å². The molecule has 2 aromatic heterocycles. The molecular formula is C14H14N4O. The van der Waals surface area contributed by atoms with E-state index in [0.29, 0.717) is 18.3 Å². The number of carbonyl (C=O) groups is 1. The zero-order valence-corrected chi connectivity index (χ0v) is 10.4. The zero-order chi connectivity index (χ0) is 13.1. The van der Waals surface area contributed by atoms with E-state index in [9.17, 15) is 4.79 Å². The van der Waals surface area contributed by atoms with Crippen molar-refractivity contribution in [2.45, 2.75) is 25.4 Å². The highest BCUT2D eigenvalue weighted by molar-refractivity contribution is 5.92. The largest absolute Gasteiger partial charge is 0.330 e. The number of hydrogen-bond donors (Lipinski definition) is 0. The molecule has 1 aliphatic carbocycles. The summed E-state index contributed by atoms with van der Waals surface area (Å²) in [5, 5.41) is 0. The molecule has 2 heterocycles. The number of hydrogen-bond acceptors (Lipinski definition) is 4. The Hall–Kier alpha value is -2.30. The Labute approximate surface area is 111 Å². The second kappa shape index (κ2) is 5.14. The van der Waals surface area contributed by atoms with Crippen LogP contribution in [0, 0.1) is 0 Å². The predicted octanol–water partition coefficient (Wildman–Crippen LogP) is 1.68. The highest BCUT2D eigenvalue weighted by Crippen LogP contribution is 2.29. The summed E-state index contributed by atoms with van der Waals surface area (Å²) in [6.07, 6.45) is 10.3. The molecule has 1 fully saturated rings. The summed E-state index contributed by atoms with van der Waals surface area (Å²) in [4.78, 5) is 26.3. The van der Waals surface area contributed by atoms with Crippen molar-refractivity contribution in [1.82, 2.24) is 19.9 Å². The molecule has 1 amide bonds. The summed E-state index contributed by atoms with van der Waals surface area (Å²) in [5.74, 6) is -0.0487. The van der Waals surface area contributed by atoms with Crippen LogP contribution in [-0.2, 0) is 6.54 Å². The van der Waals surface area contributed by atoms with Crippen LogP contribution in [0.25, 0.3) is 0 Å². The predicted molar refractivity (Wildman–Crippen MR) is 69.2 cm³/mol. The number of carbonyl (C=O) groups excluding carboxylic acids is 1. The summed E-state index contributed by atoms with van der Waals surface area (Å²) < 4.78 is 0. The van der Waals surface area contributed by atoms with Crippen molar-refractivity contribution < 1.29 is 4.79 Å². The third-order valence-corrected chi connectivity index (χ3v) is 3.13. The molecule has 0 radical (unpaired) electrons. The Kier molecular flexibility index (Phi) is 3.18. The summed E-state index contributed by atoms with van der Waals surface area (Å²) in [5.41, 5.74) is 1.49. The van der Waals surface area contributed by atoms with Gasteiger partial charge in [-0.05, 0) is 30.5 Å². The monoisotopic (exact) mass is 254 g/mol. The summed E-state index contributed by atoms with van der Waals surface area (Å²) >= 11 is 0. The fraction of sp³-hybridized carbons (Fsp3) is 0.286. The molecule has 19 heavy (non-hydrogen) atoms. The van der Waals surface area contributed by atoms with Gasteiger partial charge in [-0.3, -0.25) is 14.8 Å². The minimum atomic E-state index is -0.0487. The van der Waals surface area contributed by atoms with Crippen LogP contribution in [0.15, 0.2) is 43.1 Å². The first kappa shape index (κ1) is 11.8. The summed E-state index contributed by atoms with van der Waals surface area (Å²) in [6.45, 7) is 0.600. The lowest BCUT2D eigenvalue weighted by atomic mass is 10.2. The van der Waals surface area contributed by atoms with Gasteiger partial charge in [0.15, 0.2) is 0 Å². The molecule has 0 bridgehead atoms. The van der Waals surface area contributed by atoms with E-state index in [2.05, 4.69) is 15.0 Å². The first-order valence-corrected chi connectivity index (χ1v) is 6.30. The van der Waals surface area contributed by atoms with Crippen molar-refractivity contribution in [1.29, 1.82) is 0 Å². The first-order chi connectivity index (χ1) is 9.34. The first-order valence-electron chi connectivity index (χ1n) is 6.30. The van der Waals surface area contributed by atoms with Gasteiger partial charge in [-0.2, -0.15) is 0 Å². The second-order valence-electron chi connectivity index (χ2n) is 4.61. The lowest BCUT2D eigenvalue weighted by molar-refractivity contribution is 0.0723. The fourth-order valence-corrected chi connectivity index (χ4v) is 1.99. The van der Waals surface area contributed by atoms with Crippen molar-refractivity contribution in [3.05, 3.63) is 54.4 Å². The lowest BCUT2D eigenvalue weighted by Crippen LogP contribution is -2.33. The van der Waals surface area contributed by atoms with Gasteiger partial charge in [0.25, 0.3) is 5.91 Å². The lowest BCUT2D eigenvalue weighted by Gasteiger charge is -2.21. The summed E-state index contributed by atoms with van der Waals surface area (Å²) in [7, 11) is 0. The third kappa shape index (κ3) is 2.76. The van der Waals surface area contributed by atoms with E-state index in [0.717, 1.165) is 18.4 Å². The van der Waals surface area contributed by atoms with Crippen LogP contribution in [0.4, 0.5) is 0 Å². The molecule has 1 aliphatic rings. The van der Waals surface area contributed by atoms with E-state index in [-0.39, 0.29) is 5.91 Å². The van der Waals surface area contributed by atoms with Crippen molar-refractivity contribution in [3.8, 4) is 0 Å². The molecule has 1 saturated carbocycles. The average molecular weight is 254 g/mol. The minimum Gasteiger partial charge on any atom is -0.330 e. The van der Waals surface area contributed by atoms with Gasteiger partial charge in [-0.1, -0.05) is 0 Å². The highest BCUT2D eigenvalue weighted by Gasteiger charge is 2.33. The van der Waals surface area contributed by atoms with Crippen LogP contribution in [0.1, 0.15) is 28.9 Å². The van der Waals surface area contributed by atoms with Crippen LogP contribution < -0.4 is 0 Å². The van der Waals surface area contributed by atoms with Gasteiger partial charge < -0.3 is 4.90 Å². The molecule has 0 aliphatic heterocycles. The normalized spacial score (nSPS) is 14.1. The van der Waals surface area contributed by atoms with Crippen LogP contribution in [-0.4, -0.2) is 31.8 Å². The number of amides is 1. The molecule has 5 heteroatoms. The molecule has 0 atom stereocenters. The van der Waals surface area contributed by atoms with Crippen molar-refractivity contribution >= 4 is 5.91 Å². The maximum absolute atomic E-state index is 12.4. The molecule has 0 unspecified atom stereocenters. The Morgan fingerprint density at radius 1 is 1.16 bits per heavy atom. The third-order valence-electron chi connectivity index (χ3n) is 3.13. The fourth-order valence-electron chi connectivity index (χ4n) is 1.99. The molecule has 3 rings (SSSR count). The molecular weight excluding hydrogens is 240 g/mol. The van der Waals surface area contributed by atoms with Crippen LogP contribution in [0.5, 0.6) is 0 Å². The quantitative estimate of drug-likeness (QED) is 0.832. The average Bonchev–Trinajstić information content (AvgIpc) is 3.31. The van der Waals surface area contributed by atoms with Gasteiger partial charge in [0.1, 0.15) is 5.69 Å². The molecule has 2 aromatic rings. The molecule has 0 N–H and O–H groups in total. The van der Waals surface area contributed by atoms with E-state index in [4.69, 9.17) is 0 Å². The van der Waals surface area contributed by atoms with Gasteiger partial charge in [0, 0.05) is 37.4 Å². The summed E-state index contributed by atoms with van der Waals surface area (Å²) in [6, 6.07) is 4.20. The molecule has 0 saturated heterocycles. The molecule has 0 aromatic carbocycles. The number of aromatic nitrogens is 3. The van der Waals surface area contributed by atoms with Crippen molar-refractivity contribution in [2.75, 3.05) is 0 Å². The zero-order valence-electron chi connectivity index (χ0n) is 10.4. The van der Waals surface area contributed by atoms with Crippen LogP contribution >= 0.6 is 0 Å². The standard InChI is InChI=1S/C14H14N4O/c19-14(13-9-16-7-8-17-13)18(12-1-2-12)10-11-3-5-15-6-4-11/h3-9,12H,1-2,10H2. The molecule has 5 nitrogen and oxygen atoms in total. The van der Waals surface area contributed by atoms with E-state index >= 15 is 0 Å². The van der Waals surface area contributed by atoms with Gasteiger partial charge in [-0.15, -0.1) is 0 Å². The second-order valence-corrected chi connectivity index (χ2v) is 4.61. The molecule has 96 valence electrons. The number of nitrogens with zero attached hydrogens (tertiary/aromatic N) is 4. The van der Waals surface area contributed by atoms with Gasteiger partial charge in [0.05, 0.1) is 6.20 Å². The Bertz CT molecular complexity index is 554. The Morgan fingerprint density at radius 2 is 1.95 bits per heavy atom. The maximum atomic E-state index is 12.4. The topological polar surface area (TPSA) is 59.0 Å². The minimum absolute atomic E-state index is 0.0487. The van der Waals surface area contributed by atoms with E-state index in [1.807, 2.05) is 17.0 Å². The van der Waals surface area contributed by atoms with E-state index in [1.165, 1.54) is 6.20 Å². The van der Waals surface area contributed by atoms with Gasteiger partial charge >= 0.3 is 0 Å². The van der Waals surface area contributed by atoms with Crippen LogP contribution in [0.2, 0.25) is 0 Å². The Balaban J connectivity index is 1.80. The molecule has 0 spiro atoms. The highest BCUT2D eigenvalue weighted by atomic mass is 16.2. The number of rotatable bonds is 4. The smallest absolute Gasteiger partial charge is 0.274 e. The maximum Gasteiger partial charge on any atom is 0.274 e. The number of pyridine rings is 1. The van der Waals surface area contributed by atoms with E-state index < -0.39 is 0 Å². The SMILES string of the molecule is O=C(c1cnccn1)N(Cc1ccncc1)C1CC1. The van der Waals surface area contributed by atoms with Gasteiger partial charge in [-0.25, -0.2) is 4.98 Å². The van der Waals surface area contributed by atoms with E-state index in [1.54, 1.807) is 24.8 Å². The van der Waals surface area contributed by atoms with Crippen molar-refractivity contribution in [2.24, 2.45) is 0 Å².